The van der Waals surface area contributed by atoms with E-state index in [0.29, 0.717) is 54.0 Å². The Morgan fingerprint density at radius 1 is 1.14 bits per heavy atom. The normalized spacial score (nSPS) is 11.0. The number of phenols is 1. The van der Waals surface area contributed by atoms with Gasteiger partial charge >= 0.3 is 0 Å². The first-order chi connectivity index (χ1) is 14.0. The van der Waals surface area contributed by atoms with Crippen molar-refractivity contribution in [2.75, 3.05) is 13.1 Å². The quantitative estimate of drug-likeness (QED) is 0.491. The van der Waals surface area contributed by atoms with Gasteiger partial charge in [-0.3, -0.25) is 4.79 Å². The minimum absolute atomic E-state index is 0.154. The molecule has 0 aliphatic rings. The van der Waals surface area contributed by atoms with E-state index in [1.165, 1.54) is 0 Å². The zero-order valence-electron chi connectivity index (χ0n) is 16.7. The Morgan fingerprint density at radius 2 is 1.83 bits per heavy atom. The molecule has 3 rings (SSSR count). The molecule has 1 amide bonds. The van der Waals surface area contributed by atoms with E-state index in [0.717, 1.165) is 10.5 Å². The molecule has 0 bridgehead atoms. The molecule has 2 aromatic carbocycles. The van der Waals surface area contributed by atoms with E-state index < -0.39 is 0 Å². The molecular weight excluding hydrogens is 364 g/mol. The maximum Gasteiger partial charge on any atom is 0.255 e. The van der Waals surface area contributed by atoms with Crippen molar-refractivity contribution in [3.63, 3.8) is 0 Å². The van der Waals surface area contributed by atoms with E-state index >= 15 is 0 Å². The minimum atomic E-state index is -0.217. The number of phenolic OH excluding ortho intramolecular Hbond substituents is 1. The first-order valence-corrected chi connectivity index (χ1v) is 9.66. The van der Waals surface area contributed by atoms with Gasteiger partial charge in [-0.05, 0) is 36.8 Å². The fourth-order valence-corrected chi connectivity index (χ4v) is 3.57. The van der Waals surface area contributed by atoms with Gasteiger partial charge in [0.05, 0.1) is 24.2 Å². The molecule has 29 heavy (non-hydrogen) atoms. The lowest BCUT2D eigenvalue weighted by Crippen LogP contribution is -3.10. The predicted molar refractivity (Wildman–Crippen MR) is 115 cm³/mol. The standard InChI is InChI=1S/C24H26N2O3/c1-4-13-26(14-5-2)16-19-20(27)11-12-21-23(19)22(17(3)29-21)24(28)25-15-18-9-7-6-8-10-18/h4-12,27H,1-2,13-16H2,3H3,(H,25,28)/p+1. The topological polar surface area (TPSA) is 66.9 Å². The van der Waals surface area contributed by atoms with Crippen LogP contribution >= 0.6 is 0 Å². The fraction of sp³-hybridized carbons (Fsp3) is 0.208. The second-order valence-corrected chi connectivity index (χ2v) is 7.05. The Hall–Kier alpha value is -3.31. The number of quaternary nitrogens is 1. The van der Waals surface area contributed by atoms with Crippen LogP contribution in [0.25, 0.3) is 11.0 Å². The molecule has 0 unspecified atom stereocenters. The number of amides is 1. The van der Waals surface area contributed by atoms with Crippen molar-refractivity contribution >= 4 is 16.9 Å². The van der Waals surface area contributed by atoms with Crippen LogP contribution < -0.4 is 10.2 Å². The van der Waals surface area contributed by atoms with Crippen LogP contribution in [-0.4, -0.2) is 24.1 Å². The van der Waals surface area contributed by atoms with Gasteiger partial charge in [0.1, 0.15) is 23.6 Å². The number of aryl methyl sites for hydroxylation is 1. The smallest absolute Gasteiger partial charge is 0.255 e. The molecule has 3 aromatic rings. The van der Waals surface area contributed by atoms with Gasteiger partial charge in [0, 0.05) is 11.9 Å². The Balaban J connectivity index is 1.97. The van der Waals surface area contributed by atoms with Crippen molar-refractivity contribution in [3.05, 3.63) is 90.2 Å². The zero-order chi connectivity index (χ0) is 20.8. The van der Waals surface area contributed by atoms with Gasteiger partial charge < -0.3 is 19.7 Å². The van der Waals surface area contributed by atoms with Crippen molar-refractivity contribution in [1.82, 2.24) is 5.32 Å². The second kappa shape index (κ2) is 9.26. The SMILES string of the molecule is C=CC[NH+](CC=C)Cc1c(O)ccc2oc(C)c(C(=O)NCc3ccccc3)c12. The molecule has 0 aliphatic carbocycles. The summed E-state index contributed by atoms with van der Waals surface area (Å²) in [7, 11) is 0. The first-order valence-electron chi connectivity index (χ1n) is 9.66. The third kappa shape index (κ3) is 4.58. The van der Waals surface area contributed by atoms with Crippen LogP contribution in [0.1, 0.15) is 27.2 Å². The number of hydrogen-bond donors (Lipinski definition) is 3. The van der Waals surface area contributed by atoms with Gasteiger partial charge in [0.15, 0.2) is 0 Å². The molecule has 150 valence electrons. The second-order valence-electron chi connectivity index (χ2n) is 7.05. The van der Waals surface area contributed by atoms with E-state index in [4.69, 9.17) is 4.42 Å². The maximum atomic E-state index is 13.0. The number of benzene rings is 2. The summed E-state index contributed by atoms with van der Waals surface area (Å²) in [6.45, 7) is 11.8. The average Bonchev–Trinajstić information content (AvgIpc) is 3.05. The monoisotopic (exact) mass is 391 g/mol. The summed E-state index contributed by atoms with van der Waals surface area (Å²) in [4.78, 5) is 14.2. The molecular formula is C24H27N2O3+. The highest BCUT2D eigenvalue weighted by molar-refractivity contribution is 6.08. The summed E-state index contributed by atoms with van der Waals surface area (Å²) in [5.74, 6) is 0.471. The molecule has 0 atom stereocenters. The van der Waals surface area contributed by atoms with Crippen LogP contribution in [-0.2, 0) is 13.1 Å². The Morgan fingerprint density at radius 3 is 2.48 bits per heavy atom. The van der Waals surface area contributed by atoms with Crippen LogP contribution in [0.4, 0.5) is 0 Å². The number of hydrogen-bond acceptors (Lipinski definition) is 3. The van der Waals surface area contributed by atoms with E-state index in [-0.39, 0.29) is 11.7 Å². The number of carbonyl (C=O) groups excluding carboxylic acids is 1. The Bertz CT molecular complexity index is 1010. The van der Waals surface area contributed by atoms with Gasteiger partial charge in [-0.15, -0.1) is 0 Å². The van der Waals surface area contributed by atoms with Crippen LogP contribution in [0.3, 0.4) is 0 Å². The summed E-state index contributed by atoms with van der Waals surface area (Å²) in [5.41, 5.74) is 2.78. The van der Waals surface area contributed by atoms with Gasteiger partial charge in [-0.1, -0.05) is 43.5 Å². The lowest BCUT2D eigenvalue weighted by molar-refractivity contribution is -0.902. The van der Waals surface area contributed by atoms with Crippen LogP contribution in [0.5, 0.6) is 5.75 Å². The van der Waals surface area contributed by atoms with E-state index in [1.54, 1.807) is 19.1 Å². The van der Waals surface area contributed by atoms with E-state index in [2.05, 4.69) is 18.5 Å². The molecule has 0 radical (unpaired) electrons. The van der Waals surface area contributed by atoms with E-state index in [1.807, 2.05) is 42.5 Å². The van der Waals surface area contributed by atoms with Crippen LogP contribution in [0, 0.1) is 6.92 Å². The number of aromatic hydroxyl groups is 1. The van der Waals surface area contributed by atoms with Gasteiger partial charge in [0.25, 0.3) is 5.91 Å². The van der Waals surface area contributed by atoms with Crippen molar-refractivity contribution in [2.45, 2.75) is 20.0 Å². The first kappa shape index (κ1) is 20.4. The molecule has 0 saturated carbocycles. The molecule has 0 fully saturated rings. The summed E-state index contributed by atoms with van der Waals surface area (Å²) >= 11 is 0. The van der Waals surface area contributed by atoms with Crippen molar-refractivity contribution in [1.29, 1.82) is 0 Å². The number of rotatable bonds is 9. The molecule has 1 heterocycles. The zero-order valence-corrected chi connectivity index (χ0v) is 16.7. The highest BCUT2D eigenvalue weighted by Crippen LogP contribution is 2.33. The number of carbonyl (C=O) groups is 1. The van der Waals surface area contributed by atoms with Gasteiger partial charge in [-0.2, -0.15) is 0 Å². The highest BCUT2D eigenvalue weighted by atomic mass is 16.3. The molecule has 5 nitrogen and oxygen atoms in total. The minimum Gasteiger partial charge on any atom is -0.507 e. The summed E-state index contributed by atoms with van der Waals surface area (Å²) in [6.07, 6.45) is 3.67. The fourth-order valence-electron chi connectivity index (χ4n) is 3.57. The Kier molecular flexibility index (Phi) is 6.52. The van der Waals surface area contributed by atoms with Crippen LogP contribution in [0.2, 0.25) is 0 Å². The number of nitrogens with one attached hydrogen (secondary N) is 2. The van der Waals surface area contributed by atoms with Gasteiger partial charge in [-0.25, -0.2) is 0 Å². The molecule has 0 aliphatic heterocycles. The number of furan rings is 1. The highest BCUT2D eigenvalue weighted by Gasteiger charge is 2.24. The predicted octanol–water partition coefficient (Wildman–Crippen LogP) is 3.13. The molecule has 1 aromatic heterocycles. The Labute approximate surface area is 171 Å². The van der Waals surface area contributed by atoms with E-state index in [9.17, 15) is 9.90 Å². The molecule has 0 saturated heterocycles. The third-order valence-electron chi connectivity index (χ3n) is 4.93. The largest absolute Gasteiger partial charge is 0.507 e. The molecule has 0 spiro atoms. The molecule has 5 heteroatoms. The molecule has 3 N–H and O–H groups in total. The summed E-state index contributed by atoms with van der Waals surface area (Å²) in [5, 5.41) is 14.2. The van der Waals surface area contributed by atoms with Gasteiger partial charge in [0.2, 0.25) is 0 Å². The maximum absolute atomic E-state index is 13.0. The van der Waals surface area contributed by atoms with Crippen molar-refractivity contribution < 1.29 is 19.2 Å². The van der Waals surface area contributed by atoms with Crippen LogP contribution in [0.15, 0.2) is 72.2 Å². The summed E-state index contributed by atoms with van der Waals surface area (Å²) < 4.78 is 5.85. The number of fused-ring (bicyclic) bond motifs is 1. The van der Waals surface area contributed by atoms with Crippen molar-refractivity contribution in [3.8, 4) is 5.75 Å². The lowest BCUT2D eigenvalue weighted by Gasteiger charge is -2.17. The third-order valence-corrected chi connectivity index (χ3v) is 4.93. The lowest BCUT2D eigenvalue weighted by atomic mass is 10.0. The summed E-state index contributed by atoms with van der Waals surface area (Å²) in [6, 6.07) is 13.1. The average molecular weight is 391 g/mol. The van der Waals surface area contributed by atoms with Crippen molar-refractivity contribution in [2.24, 2.45) is 0 Å².